The van der Waals surface area contributed by atoms with Crippen molar-refractivity contribution in [3.8, 4) is 11.1 Å². The van der Waals surface area contributed by atoms with Crippen molar-refractivity contribution in [2.24, 2.45) is 0 Å². The highest BCUT2D eigenvalue weighted by Crippen LogP contribution is 2.38. The second-order valence-electron chi connectivity index (χ2n) is 7.28. The van der Waals surface area contributed by atoms with Crippen LogP contribution in [0.3, 0.4) is 0 Å². The van der Waals surface area contributed by atoms with Crippen molar-refractivity contribution < 1.29 is 4.42 Å². The Morgan fingerprint density at radius 1 is 0.962 bits per heavy atom. The average molecular weight is 342 g/mol. The highest BCUT2D eigenvalue weighted by Gasteiger charge is 2.19. The van der Waals surface area contributed by atoms with Gasteiger partial charge in [0.05, 0.1) is 0 Å². The first-order valence-electron chi connectivity index (χ1n) is 9.71. The first-order chi connectivity index (χ1) is 12.7. The van der Waals surface area contributed by atoms with Crippen LogP contribution in [-0.4, -0.2) is 0 Å². The largest absolute Gasteiger partial charge is 0.461 e. The van der Waals surface area contributed by atoms with Crippen LogP contribution in [0.2, 0.25) is 0 Å². The Labute approximate surface area is 156 Å². The second kappa shape index (κ2) is 6.99. The maximum Gasteiger partial charge on any atom is 0.130 e. The molecule has 132 valence electrons. The van der Waals surface area contributed by atoms with Crippen LogP contribution in [0.5, 0.6) is 0 Å². The number of aryl methyl sites for hydroxylation is 1. The number of fused-ring (bicyclic) bond motifs is 1. The number of hydrogen-bond acceptors (Lipinski definition) is 1. The molecular formula is C25H26O. The van der Waals surface area contributed by atoms with Gasteiger partial charge in [-0.1, -0.05) is 63.2 Å². The first-order valence-corrected chi connectivity index (χ1v) is 9.71. The molecule has 0 aliphatic heterocycles. The molecule has 1 atom stereocenters. The molecule has 2 aromatic carbocycles. The lowest BCUT2D eigenvalue weighted by Crippen LogP contribution is -1.92. The van der Waals surface area contributed by atoms with Crippen molar-refractivity contribution in [2.75, 3.05) is 0 Å². The summed E-state index contributed by atoms with van der Waals surface area (Å²) in [4.78, 5) is 0. The van der Waals surface area contributed by atoms with Crippen LogP contribution >= 0.6 is 0 Å². The molecule has 0 bridgehead atoms. The highest BCUT2D eigenvalue weighted by molar-refractivity contribution is 5.92. The maximum absolute atomic E-state index is 5.98. The SMILES string of the molecule is CCc1ccc(C2=Cc3c(cccc3-c3ccc(C(C)CC)cc3)C2)o1. The van der Waals surface area contributed by atoms with Gasteiger partial charge in [-0.2, -0.15) is 0 Å². The smallest absolute Gasteiger partial charge is 0.130 e. The third kappa shape index (κ3) is 3.03. The van der Waals surface area contributed by atoms with E-state index in [9.17, 15) is 0 Å². The van der Waals surface area contributed by atoms with Crippen molar-refractivity contribution in [3.63, 3.8) is 0 Å². The molecule has 1 heteroatoms. The molecule has 0 fully saturated rings. The van der Waals surface area contributed by atoms with Crippen LogP contribution in [0.4, 0.5) is 0 Å². The summed E-state index contributed by atoms with van der Waals surface area (Å²) in [5, 5.41) is 0. The minimum Gasteiger partial charge on any atom is -0.461 e. The maximum atomic E-state index is 5.98. The predicted molar refractivity (Wildman–Crippen MR) is 110 cm³/mol. The van der Waals surface area contributed by atoms with Gasteiger partial charge in [-0.05, 0) is 63.9 Å². The van der Waals surface area contributed by atoms with Crippen molar-refractivity contribution in [3.05, 3.63) is 82.8 Å². The molecule has 0 radical (unpaired) electrons. The van der Waals surface area contributed by atoms with E-state index in [-0.39, 0.29) is 0 Å². The lowest BCUT2D eigenvalue weighted by atomic mass is 9.93. The van der Waals surface area contributed by atoms with Crippen LogP contribution in [-0.2, 0) is 12.8 Å². The summed E-state index contributed by atoms with van der Waals surface area (Å²) < 4.78 is 5.98. The van der Waals surface area contributed by atoms with E-state index in [0.717, 1.165) is 24.4 Å². The number of furan rings is 1. The van der Waals surface area contributed by atoms with Gasteiger partial charge in [0.2, 0.25) is 0 Å². The van der Waals surface area contributed by atoms with E-state index in [1.807, 2.05) is 0 Å². The molecule has 0 spiro atoms. The van der Waals surface area contributed by atoms with E-state index in [1.165, 1.54) is 39.8 Å². The number of benzene rings is 2. The summed E-state index contributed by atoms with van der Waals surface area (Å²) in [5.74, 6) is 2.68. The summed E-state index contributed by atoms with van der Waals surface area (Å²) in [6.45, 7) is 6.66. The summed E-state index contributed by atoms with van der Waals surface area (Å²) >= 11 is 0. The Balaban J connectivity index is 1.69. The molecule has 0 amide bonds. The fourth-order valence-corrected chi connectivity index (χ4v) is 3.75. The van der Waals surface area contributed by atoms with E-state index in [2.05, 4.69) is 81.4 Å². The van der Waals surface area contributed by atoms with Gasteiger partial charge in [0, 0.05) is 12.8 Å². The minimum atomic E-state index is 0.615. The van der Waals surface area contributed by atoms with Gasteiger partial charge in [0.1, 0.15) is 11.5 Å². The van der Waals surface area contributed by atoms with Gasteiger partial charge in [0.15, 0.2) is 0 Å². The molecule has 3 aromatic rings. The molecule has 1 unspecified atom stereocenters. The fraction of sp³-hybridized carbons (Fsp3) is 0.280. The quantitative estimate of drug-likeness (QED) is 0.481. The number of allylic oxidation sites excluding steroid dienone is 1. The zero-order valence-electron chi connectivity index (χ0n) is 15.9. The third-order valence-corrected chi connectivity index (χ3v) is 5.63. The van der Waals surface area contributed by atoms with Crippen LogP contribution in [0.25, 0.3) is 22.8 Å². The van der Waals surface area contributed by atoms with Crippen molar-refractivity contribution >= 4 is 11.6 Å². The monoisotopic (exact) mass is 342 g/mol. The molecule has 1 aromatic heterocycles. The lowest BCUT2D eigenvalue weighted by molar-refractivity contribution is 0.503. The van der Waals surface area contributed by atoms with E-state index < -0.39 is 0 Å². The minimum absolute atomic E-state index is 0.615. The van der Waals surface area contributed by atoms with Crippen LogP contribution in [0, 0.1) is 0 Å². The van der Waals surface area contributed by atoms with Crippen molar-refractivity contribution in [2.45, 2.75) is 46.0 Å². The Kier molecular flexibility index (Phi) is 4.55. The molecule has 26 heavy (non-hydrogen) atoms. The Bertz CT molecular complexity index is 941. The zero-order chi connectivity index (χ0) is 18.1. The van der Waals surface area contributed by atoms with Gasteiger partial charge < -0.3 is 4.42 Å². The topological polar surface area (TPSA) is 13.1 Å². The van der Waals surface area contributed by atoms with E-state index in [1.54, 1.807) is 0 Å². The predicted octanol–water partition coefficient (Wildman–Crippen LogP) is 7.12. The van der Waals surface area contributed by atoms with Gasteiger partial charge >= 0.3 is 0 Å². The second-order valence-corrected chi connectivity index (χ2v) is 7.28. The normalized spacial score (nSPS) is 14.2. The Morgan fingerprint density at radius 3 is 2.46 bits per heavy atom. The molecule has 0 saturated heterocycles. The van der Waals surface area contributed by atoms with Gasteiger partial charge in [-0.3, -0.25) is 0 Å². The van der Waals surface area contributed by atoms with E-state index in [0.29, 0.717) is 5.92 Å². The average Bonchev–Trinajstić information content (AvgIpc) is 3.33. The third-order valence-electron chi connectivity index (χ3n) is 5.63. The molecule has 1 aliphatic rings. The van der Waals surface area contributed by atoms with E-state index in [4.69, 9.17) is 4.42 Å². The summed E-state index contributed by atoms with van der Waals surface area (Å²) in [5.41, 5.74) is 8.04. The summed E-state index contributed by atoms with van der Waals surface area (Å²) in [6.07, 6.45) is 5.37. The Hall–Kier alpha value is -2.54. The summed E-state index contributed by atoms with van der Waals surface area (Å²) in [7, 11) is 0. The van der Waals surface area contributed by atoms with Crippen molar-refractivity contribution in [1.29, 1.82) is 0 Å². The number of hydrogen-bond donors (Lipinski definition) is 0. The van der Waals surface area contributed by atoms with Gasteiger partial charge in [-0.25, -0.2) is 0 Å². The Morgan fingerprint density at radius 2 is 1.77 bits per heavy atom. The van der Waals surface area contributed by atoms with Gasteiger partial charge in [-0.15, -0.1) is 0 Å². The molecule has 1 aliphatic carbocycles. The van der Waals surface area contributed by atoms with Crippen LogP contribution in [0.1, 0.15) is 61.3 Å². The molecule has 1 nitrogen and oxygen atoms in total. The standard InChI is InChI=1S/C25H26O/c1-4-17(3)18-9-11-19(12-10-18)23-8-6-7-20-15-21(16-24(20)23)25-14-13-22(5-2)26-25/h6-14,16-17H,4-5,15H2,1-3H3. The molecule has 0 saturated carbocycles. The van der Waals surface area contributed by atoms with Crippen molar-refractivity contribution in [1.82, 2.24) is 0 Å². The van der Waals surface area contributed by atoms with E-state index >= 15 is 0 Å². The molecule has 0 N–H and O–H groups in total. The fourth-order valence-electron chi connectivity index (χ4n) is 3.75. The molecular weight excluding hydrogens is 316 g/mol. The highest BCUT2D eigenvalue weighted by atomic mass is 16.3. The summed E-state index contributed by atoms with van der Waals surface area (Å²) in [6, 6.07) is 19.9. The van der Waals surface area contributed by atoms with Crippen LogP contribution in [0.15, 0.2) is 59.0 Å². The van der Waals surface area contributed by atoms with Gasteiger partial charge in [0.25, 0.3) is 0 Å². The number of rotatable bonds is 5. The molecule has 4 rings (SSSR count). The lowest BCUT2D eigenvalue weighted by Gasteiger charge is -2.11. The molecule has 1 heterocycles. The van der Waals surface area contributed by atoms with Crippen LogP contribution < -0.4 is 0 Å². The first kappa shape index (κ1) is 16.9. The zero-order valence-corrected chi connectivity index (χ0v) is 15.9.